The Hall–Kier alpha value is -3.08. The maximum atomic E-state index is 6.03. The summed E-state index contributed by atoms with van der Waals surface area (Å²) in [4.78, 5) is 11.6. The van der Waals surface area contributed by atoms with E-state index in [1.165, 1.54) is 19.3 Å². The Kier molecular flexibility index (Phi) is 5.71. The fraction of sp³-hybridized carbons (Fsp3) is 0.304. The van der Waals surface area contributed by atoms with Crippen LogP contribution in [0.25, 0.3) is 0 Å². The second kappa shape index (κ2) is 8.74. The molecule has 0 radical (unpaired) electrons. The van der Waals surface area contributed by atoms with Gasteiger partial charge < -0.3 is 15.0 Å². The SMILES string of the molecule is CCC1CCCCN1c1ccnc(Nc2ccccc2Oc2ccccc2)n1. The minimum atomic E-state index is 0.560. The molecular weight excluding hydrogens is 348 g/mol. The summed E-state index contributed by atoms with van der Waals surface area (Å²) in [6.07, 6.45) is 6.72. The molecule has 1 aliphatic heterocycles. The van der Waals surface area contributed by atoms with E-state index in [0.717, 1.165) is 36.0 Å². The highest BCUT2D eigenvalue weighted by molar-refractivity contribution is 5.64. The second-order valence-corrected chi connectivity index (χ2v) is 7.03. The molecule has 1 N–H and O–H groups in total. The van der Waals surface area contributed by atoms with Gasteiger partial charge in [-0.05, 0) is 56.0 Å². The van der Waals surface area contributed by atoms with Gasteiger partial charge in [0.25, 0.3) is 0 Å². The molecule has 0 bridgehead atoms. The highest BCUT2D eigenvalue weighted by atomic mass is 16.5. The van der Waals surface area contributed by atoms with Crippen molar-refractivity contribution in [2.75, 3.05) is 16.8 Å². The normalized spacial score (nSPS) is 16.6. The van der Waals surface area contributed by atoms with Gasteiger partial charge in [-0.2, -0.15) is 4.98 Å². The second-order valence-electron chi connectivity index (χ2n) is 7.03. The molecule has 1 saturated heterocycles. The van der Waals surface area contributed by atoms with Crippen LogP contribution in [-0.4, -0.2) is 22.6 Å². The zero-order chi connectivity index (χ0) is 19.2. The Balaban J connectivity index is 1.55. The summed E-state index contributed by atoms with van der Waals surface area (Å²) >= 11 is 0. The molecule has 0 amide bonds. The van der Waals surface area contributed by atoms with Gasteiger partial charge in [0, 0.05) is 18.8 Å². The molecule has 0 aliphatic carbocycles. The number of nitrogens with zero attached hydrogens (tertiary/aromatic N) is 3. The smallest absolute Gasteiger partial charge is 0.229 e. The topological polar surface area (TPSA) is 50.3 Å². The first-order valence-corrected chi connectivity index (χ1v) is 10.0. The molecular formula is C23H26N4O. The van der Waals surface area contributed by atoms with Gasteiger partial charge in [0.15, 0.2) is 5.75 Å². The van der Waals surface area contributed by atoms with Gasteiger partial charge in [0.2, 0.25) is 5.95 Å². The molecule has 5 nitrogen and oxygen atoms in total. The van der Waals surface area contributed by atoms with E-state index >= 15 is 0 Å². The lowest BCUT2D eigenvalue weighted by molar-refractivity contribution is 0.447. The Labute approximate surface area is 166 Å². The first-order chi connectivity index (χ1) is 13.8. The average Bonchev–Trinajstić information content (AvgIpc) is 2.76. The number of hydrogen-bond donors (Lipinski definition) is 1. The Morgan fingerprint density at radius 1 is 1.04 bits per heavy atom. The van der Waals surface area contributed by atoms with E-state index in [-0.39, 0.29) is 0 Å². The molecule has 1 aliphatic rings. The molecule has 4 rings (SSSR count). The maximum Gasteiger partial charge on any atom is 0.229 e. The number of para-hydroxylation sites is 3. The zero-order valence-corrected chi connectivity index (χ0v) is 16.2. The number of aromatic nitrogens is 2. The minimum Gasteiger partial charge on any atom is -0.455 e. The van der Waals surface area contributed by atoms with Crippen LogP contribution in [-0.2, 0) is 0 Å². The fourth-order valence-electron chi connectivity index (χ4n) is 3.69. The van der Waals surface area contributed by atoms with Crippen LogP contribution in [0.5, 0.6) is 11.5 Å². The van der Waals surface area contributed by atoms with Gasteiger partial charge in [0.1, 0.15) is 11.6 Å². The molecule has 1 fully saturated rings. The molecule has 1 unspecified atom stereocenters. The van der Waals surface area contributed by atoms with Crippen molar-refractivity contribution in [3.63, 3.8) is 0 Å². The summed E-state index contributed by atoms with van der Waals surface area (Å²) in [6.45, 7) is 3.31. The number of ether oxygens (including phenoxy) is 1. The Morgan fingerprint density at radius 3 is 2.71 bits per heavy atom. The van der Waals surface area contributed by atoms with Gasteiger partial charge >= 0.3 is 0 Å². The Morgan fingerprint density at radius 2 is 1.86 bits per heavy atom. The standard InChI is InChI=1S/C23H26N4O/c1-2-18-10-8-9-17-27(18)22-15-16-24-23(26-22)25-20-13-6-7-14-21(20)28-19-11-4-3-5-12-19/h3-7,11-16,18H,2,8-10,17H2,1H3,(H,24,25,26). The van der Waals surface area contributed by atoms with Crippen LogP contribution >= 0.6 is 0 Å². The number of piperidine rings is 1. The van der Waals surface area contributed by atoms with E-state index in [2.05, 4.69) is 22.1 Å². The molecule has 0 saturated carbocycles. The van der Waals surface area contributed by atoms with E-state index in [1.54, 1.807) is 0 Å². The molecule has 144 valence electrons. The van der Waals surface area contributed by atoms with Crippen molar-refractivity contribution in [2.45, 2.75) is 38.6 Å². The number of benzene rings is 2. The van der Waals surface area contributed by atoms with Gasteiger partial charge in [0.05, 0.1) is 5.69 Å². The number of rotatable bonds is 6. The van der Waals surface area contributed by atoms with Crippen LogP contribution in [0.2, 0.25) is 0 Å². The van der Waals surface area contributed by atoms with Crippen molar-refractivity contribution in [3.8, 4) is 11.5 Å². The third-order valence-electron chi connectivity index (χ3n) is 5.14. The monoisotopic (exact) mass is 374 g/mol. The molecule has 2 aromatic carbocycles. The summed E-state index contributed by atoms with van der Waals surface area (Å²) in [6, 6.07) is 20.2. The minimum absolute atomic E-state index is 0.560. The van der Waals surface area contributed by atoms with Gasteiger partial charge in [-0.25, -0.2) is 4.98 Å². The van der Waals surface area contributed by atoms with Crippen molar-refractivity contribution in [1.29, 1.82) is 0 Å². The third-order valence-corrected chi connectivity index (χ3v) is 5.14. The lowest BCUT2D eigenvalue weighted by atomic mass is 10.0. The van der Waals surface area contributed by atoms with Crippen molar-refractivity contribution >= 4 is 17.5 Å². The third kappa shape index (κ3) is 4.25. The maximum absolute atomic E-state index is 6.03. The quantitative estimate of drug-likeness (QED) is 0.592. The molecule has 3 aromatic rings. The fourth-order valence-corrected chi connectivity index (χ4v) is 3.69. The largest absolute Gasteiger partial charge is 0.455 e. The van der Waals surface area contributed by atoms with E-state index in [0.29, 0.717) is 12.0 Å². The molecule has 2 heterocycles. The highest BCUT2D eigenvalue weighted by Gasteiger charge is 2.22. The summed E-state index contributed by atoms with van der Waals surface area (Å²) in [5, 5.41) is 3.33. The Bertz CT molecular complexity index is 900. The number of hydrogen-bond acceptors (Lipinski definition) is 5. The van der Waals surface area contributed by atoms with E-state index in [1.807, 2.05) is 66.9 Å². The predicted octanol–water partition coefficient (Wildman–Crippen LogP) is 5.78. The van der Waals surface area contributed by atoms with E-state index in [9.17, 15) is 0 Å². The summed E-state index contributed by atoms with van der Waals surface area (Å²) < 4.78 is 6.03. The summed E-state index contributed by atoms with van der Waals surface area (Å²) in [7, 11) is 0. The van der Waals surface area contributed by atoms with Crippen molar-refractivity contribution < 1.29 is 4.74 Å². The van der Waals surface area contributed by atoms with Gasteiger partial charge in [-0.1, -0.05) is 37.3 Å². The highest BCUT2D eigenvalue weighted by Crippen LogP contribution is 2.31. The van der Waals surface area contributed by atoms with Crippen molar-refractivity contribution in [3.05, 3.63) is 66.9 Å². The van der Waals surface area contributed by atoms with Gasteiger partial charge in [-0.15, -0.1) is 0 Å². The number of anilines is 3. The first-order valence-electron chi connectivity index (χ1n) is 10.0. The van der Waals surface area contributed by atoms with Crippen LogP contribution in [0.3, 0.4) is 0 Å². The van der Waals surface area contributed by atoms with E-state index in [4.69, 9.17) is 9.72 Å². The van der Waals surface area contributed by atoms with E-state index < -0.39 is 0 Å². The zero-order valence-electron chi connectivity index (χ0n) is 16.2. The van der Waals surface area contributed by atoms with Crippen LogP contribution < -0.4 is 15.0 Å². The first kappa shape index (κ1) is 18.3. The number of nitrogens with one attached hydrogen (secondary N) is 1. The van der Waals surface area contributed by atoms with Crippen LogP contribution in [0.15, 0.2) is 66.9 Å². The van der Waals surface area contributed by atoms with Crippen molar-refractivity contribution in [1.82, 2.24) is 9.97 Å². The molecule has 1 aromatic heterocycles. The molecule has 28 heavy (non-hydrogen) atoms. The lowest BCUT2D eigenvalue weighted by Gasteiger charge is -2.36. The van der Waals surface area contributed by atoms with Crippen molar-refractivity contribution in [2.24, 2.45) is 0 Å². The van der Waals surface area contributed by atoms with Crippen LogP contribution in [0, 0.1) is 0 Å². The lowest BCUT2D eigenvalue weighted by Crippen LogP contribution is -2.39. The molecule has 0 spiro atoms. The van der Waals surface area contributed by atoms with Crippen LogP contribution in [0.1, 0.15) is 32.6 Å². The van der Waals surface area contributed by atoms with Crippen LogP contribution in [0.4, 0.5) is 17.5 Å². The van der Waals surface area contributed by atoms with Gasteiger partial charge in [-0.3, -0.25) is 0 Å². The predicted molar refractivity (Wildman–Crippen MR) is 114 cm³/mol. The summed E-state index contributed by atoms with van der Waals surface area (Å²) in [5.41, 5.74) is 0.842. The molecule has 5 heteroatoms. The average molecular weight is 374 g/mol. The molecule has 1 atom stereocenters. The summed E-state index contributed by atoms with van der Waals surface area (Å²) in [5.74, 6) is 3.12.